The second kappa shape index (κ2) is 12.5. The molecule has 2 heterocycles. The molecule has 0 atom stereocenters. The first-order valence-electron chi connectivity index (χ1n) is 14.0. The van der Waals surface area contributed by atoms with Gasteiger partial charge >= 0.3 is 12.1 Å². The number of nitrogens with zero attached hydrogens (tertiary/aromatic N) is 4. The van der Waals surface area contributed by atoms with Crippen molar-refractivity contribution in [3.63, 3.8) is 0 Å². The summed E-state index contributed by atoms with van der Waals surface area (Å²) in [7, 11) is 0. The summed E-state index contributed by atoms with van der Waals surface area (Å²) in [4.78, 5) is 43.5. The van der Waals surface area contributed by atoms with Crippen molar-refractivity contribution in [1.29, 1.82) is 0 Å². The third kappa shape index (κ3) is 7.45. The van der Waals surface area contributed by atoms with E-state index in [4.69, 9.17) is 23.2 Å². The molecule has 0 radical (unpaired) electrons. The number of amides is 1. The zero-order valence-corrected chi connectivity index (χ0v) is 25.3. The van der Waals surface area contributed by atoms with Crippen LogP contribution < -0.4 is 0 Å². The lowest BCUT2D eigenvalue weighted by atomic mass is 9.68. The molecule has 2 aromatic rings. The summed E-state index contributed by atoms with van der Waals surface area (Å²) in [5.41, 5.74) is -1.77. The van der Waals surface area contributed by atoms with Crippen molar-refractivity contribution < 1.29 is 32.7 Å². The number of rotatable bonds is 9. The number of alkyl halides is 3. The van der Waals surface area contributed by atoms with Gasteiger partial charge in [0.15, 0.2) is 11.5 Å². The quantitative estimate of drug-likeness (QED) is 0.294. The molecule has 0 aromatic carbocycles. The number of carbonyl (C=O) groups excluding carboxylic acids is 2. The molecule has 42 heavy (non-hydrogen) atoms. The van der Waals surface area contributed by atoms with E-state index >= 15 is 0 Å². The molecule has 0 spiro atoms. The van der Waals surface area contributed by atoms with Crippen LogP contribution >= 0.6 is 23.2 Å². The number of pyridine rings is 1. The number of hydrogen-bond donors (Lipinski definition) is 1. The number of hydrogen-bond acceptors (Lipinski definition) is 5. The lowest BCUT2D eigenvalue weighted by molar-refractivity contribution is -0.147. The fourth-order valence-corrected chi connectivity index (χ4v) is 6.91. The first-order valence-corrected chi connectivity index (χ1v) is 14.8. The number of aromatic nitrogens is 3. The number of carboxylic acid groups (broad SMARTS) is 1. The summed E-state index contributed by atoms with van der Waals surface area (Å²) in [6.07, 6.45) is 1.84. The molecule has 2 saturated carbocycles. The Labute approximate surface area is 252 Å². The van der Waals surface area contributed by atoms with Crippen LogP contribution in [0.15, 0.2) is 18.6 Å². The van der Waals surface area contributed by atoms with Gasteiger partial charge in [-0.2, -0.15) is 18.3 Å². The average molecular weight is 632 g/mol. The number of ketones is 1. The van der Waals surface area contributed by atoms with Crippen LogP contribution in [0, 0.1) is 23.2 Å². The summed E-state index contributed by atoms with van der Waals surface area (Å²) in [5.74, 6) is -2.71. The molecule has 2 fully saturated rings. The molecule has 13 heteroatoms. The highest BCUT2D eigenvalue weighted by Gasteiger charge is 2.44. The maximum absolute atomic E-state index is 14.5. The van der Waals surface area contributed by atoms with Crippen LogP contribution in [0.4, 0.5) is 13.2 Å². The number of carboxylic acids is 1. The summed E-state index contributed by atoms with van der Waals surface area (Å²) in [6.45, 7) is 6.00. The SMILES string of the molecule is CC(C)(C)C[C@H]1C[C@H](CN(CC(=O)c2c(Cl)cncc2Cl)C(=O)c2cnn(C3CCC(C(=O)O)CC3)c2C(F)(F)F)C1. The molecule has 0 unspecified atom stereocenters. The van der Waals surface area contributed by atoms with Gasteiger partial charge in [-0.25, -0.2) is 0 Å². The topological polar surface area (TPSA) is 105 Å². The number of aliphatic carboxylic acids is 1. The van der Waals surface area contributed by atoms with Crippen LogP contribution in [-0.2, 0) is 11.0 Å². The van der Waals surface area contributed by atoms with Gasteiger partial charge in [0.1, 0.15) is 0 Å². The van der Waals surface area contributed by atoms with E-state index in [1.54, 1.807) is 0 Å². The molecule has 0 bridgehead atoms. The van der Waals surface area contributed by atoms with Gasteiger partial charge in [0.25, 0.3) is 5.91 Å². The Morgan fingerprint density at radius 3 is 2.12 bits per heavy atom. The van der Waals surface area contributed by atoms with Gasteiger partial charge in [0.05, 0.1) is 45.9 Å². The first kappa shape index (κ1) is 32.3. The van der Waals surface area contributed by atoms with E-state index in [1.165, 1.54) is 12.4 Å². The van der Waals surface area contributed by atoms with Crippen LogP contribution in [0.1, 0.15) is 98.2 Å². The molecule has 4 rings (SSSR count). The molecule has 1 amide bonds. The van der Waals surface area contributed by atoms with Gasteiger partial charge < -0.3 is 10.0 Å². The Balaban J connectivity index is 1.62. The Morgan fingerprint density at radius 2 is 1.60 bits per heavy atom. The second-order valence-electron chi connectivity index (χ2n) is 12.7. The maximum Gasteiger partial charge on any atom is 0.433 e. The molecule has 8 nitrogen and oxygen atoms in total. The minimum absolute atomic E-state index is 0.0189. The predicted molar refractivity (Wildman–Crippen MR) is 151 cm³/mol. The molecule has 1 N–H and O–H groups in total. The van der Waals surface area contributed by atoms with Crippen molar-refractivity contribution in [3.8, 4) is 0 Å². The van der Waals surface area contributed by atoms with Crippen LogP contribution in [0.25, 0.3) is 0 Å². The van der Waals surface area contributed by atoms with Crippen molar-refractivity contribution in [2.24, 2.45) is 23.2 Å². The van der Waals surface area contributed by atoms with Crippen molar-refractivity contribution in [3.05, 3.63) is 45.5 Å². The number of carbonyl (C=O) groups is 3. The van der Waals surface area contributed by atoms with Crippen LogP contribution in [0.5, 0.6) is 0 Å². The zero-order chi connectivity index (χ0) is 31.0. The highest BCUT2D eigenvalue weighted by molar-refractivity contribution is 6.39. The predicted octanol–water partition coefficient (Wildman–Crippen LogP) is 7.21. The summed E-state index contributed by atoms with van der Waals surface area (Å²) < 4.78 is 44.2. The Bertz CT molecular complexity index is 1310. The average Bonchev–Trinajstić information content (AvgIpc) is 3.31. The summed E-state index contributed by atoms with van der Waals surface area (Å²) in [5, 5.41) is 13.2. The maximum atomic E-state index is 14.5. The van der Waals surface area contributed by atoms with E-state index in [2.05, 4.69) is 30.9 Å². The van der Waals surface area contributed by atoms with E-state index < -0.39 is 53.6 Å². The molecule has 0 aliphatic heterocycles. The fraction of sp³-hybridized carbons (Fsp3) is 0.621. The van der Waals surface area contributed by atoms with Crippen molar-refractivity contribution in [2.45, 2.75) is 77.9 Å². The fourth-order valence-electron chi connectivity index (χ4n) is 6.33. The molecule has 2 aliphatic carbocycles. The second-order valence-corrected chi connectivity index (χ2v) is 13.6. The molecule has 0 saturated heterocycles. The Hall–Kier alpha value is -2.66. The van der Waals surface area contributed by atoms with E-state index in [0.717, 1.165) is 35.0 Å². The van der Waals surface area contributed by atoms with Gasteiger partial charge in [-0.15, -0.1) is 0 Å². The standard InChI is InChI=1S/C29H35Cl2F3N4O4/c1-28(2,3)10-16-8-17(9-16)14-37(15-23(39)24-21(30)12-35-13-22(24)31)26(40)20-11-36-38(25(20)29(32,33)34)19-6-4-18(5-7-19)27(41)42/h11-13,16-19H,4-10,14-15H2,1-3H3,(H,41,42)/t16-,17-,18?,19?. The minimum Gasteiger partial charge on any atom is -0.481 e. The molecule has 2 aromatic heterocycles. The lowest BCUT2D eigenvalue weighted by Crippen LogP contribution is -2.43. The van der Waals surface area contributed by atoms with Gasteiger partial charge in [-0.3, -0.25) is 24.0 Å². The van der Waals surface area contributed by atoms with Crippen molar-refractivity contribution in [2.75, 3.05) is 13.1 Å². The van der Waals surface area contributed by atoms with E-state index in [0.29, 0.717) is 5.92 Å². The Kier molecular flexibility index (Phi) is 9.62. The molecule has 230 valence electrons. The zero-order valence-electron chi connectivity index (χ0n) is 23.8. The van der Waals surface area contributed by atoms with E-state index in [9.17, 15) is 32.7 Å². The highest BCUT2D eigenvalue weighted by atomic mass is 35.5. The van der Waals surface area contributed by atoms with Gasteiger partial charge in [0, 0.05) is 18.9 Å². The summed E-state index contributed by atoms with van der Waals surface area (Å²) >= 11 is 12.3. The number of halogens is 5. The van der Waals surface area contributed by atoms with Gasteiger partial charge in [0.2, 0.25) is 0 Å². The molecular weight excluding hydrogens is 596 g/mol. The van der Waals surface area contributed by atoms with Gasteiger partial charge in [-0.05, 0) is 62.2 Å². The third-order valence-corrected chi connectivity index (χ3v) is 8.73. The van der Waals surface area contributed by atoms with E-state index in [-0.39, 0.29) is 59.2 Å². The molecular formula is C29H35Cl2F3N4O4. The lowest BCUT2D eigenvalue weighted by Gasteiger charge is -2.41. The Morgan fingerprint density at radius 1 is 1.00 bits per heavy atom. The third-order valence-electron chi connectivity index (χ3n) is 8.15. The first-order chi connectivity index (χ1) is 19.5. The summed E-state index contributed by atoms with van der Waals surface area (Å²) in [6, 6.07) is -0.701. The van der Waals surface area contributed by atoms with Crippen LogP contribution in [0.2, 0.25) is 10.0 Å². The van der Waals surface area contributed by atoms with Crippen molar-refractivity contribution >= 4 is 40.9 Å². The number of Topliss-reactive ketones (excluding diaryl/α,β-unsaturated/α-hetero) is 1. The monoisotopic (exact) mass is 630 g/mol. The highest BCUT2D eigenvalue weighted by Crippen LogP contribution is 2.43. The van der Waals surface area contributed by atoms with Crippen molar-refractivity contribution in [1.82, 2.24) is 19.7 Å². The van der Waals surface area contributed by atoms with E-state index in [1.807, 2.05) is 0 Å². The largest absolute Gasteiger partial charge is 0.481 e. The van der Waals surface area contributed by atoms with Crippen LogP contribution in [0.3, 0.4) is 0 Å². The normalized spacial score (nSPS) is 22.9. The van der Waals surface area contributed by atoms with Crippen LogP contribution in [-0.4, -0.2) is 55.5 Å². The van der Waals surface area contributed by atoms with Gasteiger partial charge in [-0.1, -0.05) is 44.0 Å². The molecule has 2 aliphatic rings. The minimum atomic E-state index is -4.91. The smallest absolute Gasteiger partial charge is 0.433 e.